The normalized spacial score (nSPS) is 12.2. The van der Waals surface area contributed by atoms with E-state index in [0.717, 1.165) is 19.5 Å². The molecule has 2 nitrogen and oxygen atoms in total. The zero-order valence-corrected chi connectivity index (χ0v) is 12.4. The summed E-state index contributed by atoms with van der Waals surface area (Å²) in [6.45, 7) is 6.27. The van der Waals surface area contributed by atoms with Crippen LogP contribution in [0.2, 0.25) is 0 Å². The largest absolute Gasteiger partial charge is 0.372 e. The van der Waals surface area contributed by atoms with Gasteiger partial charge in [-0.15, -0.1) is 0 Å². The van der Waals surface area contributed by atoms with Gasteiger partial charge in [0.25, 0.3) is 0 Å². The molecule has 2 heteroatoms. The summed E-state index contributed by atoms with van der Waals surface area (Å²) in [5, 5.41) is 0. The van der Waals surface area contributed by atoms with Crippen LogP contribution in [0.5, 0.6) is 0 Å². The highest BCUT2D eigenvalue weighted by Gasteiger charge is 2.09. The van der Waals surface area contributed by atoms with E-state index in [9.17, 15) is 0 Å². The van der Waals surface area contributed by atoms with Gasteiger partial charge in [0.05, 0.1) is 0 Å². The minimum atomic E-state index is 0.105. The topological polar surface area (TPSA) is 29.3 Å². The molecular weight excluding hydrogens is 244 g/mol. The molecule has 106 valence electrons. The standard InChI is InChI=1S/C18H24N2/c1-3-20(17-7-5-4-6-8-17)14-13-18(19)16-11-9-15(2)10-12-16/h4-12,18H,3,13-14,19H2,1-2H3. The first kappa shape index (κ1) is 14.6. The molecule has 1 unspecified atom stereocenters. The summed E-state index contributed by atoms with van der Waals surface area (Å²) >= 11 is 0. The maximum atomic E-state index is 6.30. The lowest BCUT2D eigenvalue weighted by molar-refractivity contribution is 0.632. The van der Waals surface area contributed by atoms with Crippen LogP contribution < -0.4 is 10.6 Å². The van der Waals surface area contributed by atoms with Gasteiger partial charge in [-0.25, -0.2) is 0 Å². The fourth-order valence-electron chi connectivity index (χ4n) is 2.38. The summed E-state index contributed by atoms with van der Waals surface area (Å²) in [7, 11) is 0. The van der Waals surface area contributed by atoms with Crippen molar-refractivity contribution in [3.05, 3.63) is 65.7 Å². The summed E-state index contributed by atoms with van der Waals surface area (Å²) in [5.74, 6) is 0. The van der Waals surface area contributed by atoms with Crippen molar-refractivity contribution in [2.45, 2.75) is 26.3 Å². The Bertz CT molecular complexity index is 505. The van der Waals surface area contributed by atoms with Gasteiger partial charge in [0.1, 0.15) is 0 Å². The number of aryl methyl sites for hydroxylation is 1. The van der Waals surface area contributed by atoms with Crippen LogP contribution in [0.3, 0.4) is 0 Å². The van der Waals surface area contributed by atoms with Gasteiger partial charge in [0.2, 0.25) is 0 Å². The van der Waals surface area contributed by atoms with E-state index < -0.39 is 0 Å². The summed E-state index contributed by atoms with van der Waals surface area (Å²) in [6, 6.07) is 19.2. The first-order valence-electron chi connectivity index (χ1n) is 7.33. The second kappa shape index (κ2) is 7.11. The Hall–Kier alpha value is -1.80. The maximum Gasteiger partial charge on any atom is 0.0366 e. The number of hydrogen-bond donors (Lipinski definition) is 1. The third-order valence-corrected chi connectivity index (χ3v) is 3.72. The maximum absolute atomic E-state index is 6.30. The van der Waals surface area contributed by atoms with Crippen molar-refractivity contribution in [2.75, 3.05) is 18.0 Å². The molecule has 2 rings (SSSR count). The van der Waals surface area contributed by atoms with Crippen LogP contribution in [0.15, 0.2) is 54.6 Å². The number of hydrogen-bond acceptors (Lipinski definition) is 2. The molecule has 0 heterocycles. The lowest BCUT2D eigenvalue weighted by atomic mass is 10.0. The summed E-state index contributed by atoms with van der Waals surface area (Å²) in [4.78, 5) is 2.37. The van der Waals surface area contributed by atoms with Gasteiger partial charge in [-0.1, -0.05) is 48.0 Å². The minimum Gasteiger partial charge on any atom is -0.372 e. The van der Waals surface area contributed by atoms with Crippen molar-refractivity contribution in [2.24, 2.45) is 5.73 Å². The van der Waals surface area contributed by atoms with Crippen molar-refractivity contribution in [1.82, 2.24) is 0 Å². The monoisotopic (exact) mass is 268 g/mol. The van der Waals surface area contributed by atoms with Crippen LogP contribution in [-0.4, -0.2) is 13.1 Å². The van der Waals surface area contributed by atoms with Crippen molar-refractivity contribution in [3.63, 3.8) is 0 Å². The van der Waals surface area contributed by atoms with Crippen LogP contribution in [0.25, 0.3) is 0 Å². The zero-order chi connectivity index (χ0) is 14.4. The SMILES string of the molecule is CCN(CCC(N)c1ccc(C)cc1)c1ccccc1. The molecular formula is C18H24N2. The number of anilines is 1. The first-order valence-corrected chi connectivity index (χ1v) is 7.33. The van der Waals surface area contributed by atoms with Gasteiger partial charge in [-0.3, -0.25) is 0 Å². The molecule has 0 spiro atoms. The van der Waals surface area contributed by atoms with Gasteiger partial charge in [0.15, 0.2) is 0 Å². The number of para-hydroxylation sites is 1. The van der Waals surface area contributed by atoms with Crippen LogP contribution in [-0.2, 0) is 0 Å². The molecule has 2 N–H and O–H groups in total. The zero-order valence-electron chi connectivity index (χ0n) is 12.4. The molecule has 0 aliphatic heterocycles. The van der Waals surface area contributed by atoms with Gasteiger partial charge in [-0.05, 0) is 38.0 Å². The van der Waals surface area contributed by atoms with Crippen molar-refractivity contribution in [1.29, 1.82) is 0 Å². The molecule has 0 amide bonds. The van der Waals surface area contributed by atoms with Crippen molar-refractivity contribution in [3.8, 4) is 0 Å². The molecule has 20 heavy (non-hydrogen) atoms. The molecule has 0 saturated carbocycles. The van der Waals surface area contributed by atoms with E-state index in [1.54, 1.807) is 0 Å². The van der Waals surface area contributed by atoms with Crippen LogP contribution >= 0.6 is 0 Å². The molecule has 0 aliphatic carbocycles. The second-order valence-electron chi connectivity index (χ2n) is 5.22. The summed E-state index contributed by atoms with van der Waals surface area (Å²) in [5.41, 5.74) is 10.1. The second-order valence-corrected chi connectivity index (χ2v) is 5.22. The number of benzene rings is 2. The Morgan fingerprint density at radius 3 is 2.25 bits per heavy atom. The molecule has 0 saturated heterocycles. The van der Waals surface area contributed by atoms with Crippen molar-refractivity contribution >= 4 is 5.69 Å². The molecule has 1 atom stereocenters. The molecule has 2 aromatic carbocycles. The van der Waals surface area contributed by atoms with E-state index in [1.807, 2.05) is 0 Å². The number of nitrogens with two attached hydrogens (primary N) is 1. The van der Waals surface area contributed by atoms with Crippen molar-refractivity contribution < 1.29 is 0 Å². The Balaban J connectivity index is 1.94. The van der Waals surface area contributed by atoms with Gasteiger partial charge < -0.3 is 10.6 Å². The van der Waals surface area contributed by atoms with Gasteiger partial charge >= 0.3 is 0 Å². The van der Waals surface area contributed by atoms with Gasteiger partial charge in [0, 0.05) is 24.8 Å². The van der Waals surface area contributed by atoms with E-state index in [-0.39, 0.29) is 6.04 Å². The third kappa shape index (κ3) is 3.84. The Morgan fingerprint density at radius 2 is 1.65 bits per heavy atom. The molecule has 2 aromatic rings. The van der Waals surface area contributed by atoms with E-state index in [2.05, 4.69) is 73.3 Å². The van der Waals surface area contributed by atoms with Crippen LogP contribution in [0, 0.1) is 6.92 Å². The Labute approximate surface area is 122 Å². The average Bonchev–Trinajstić information content (AvgIpc) is 2.49. The average molecular weight is 268 g/mol. The molecule has 0 radical (unpaired) electrons. The minimum absolute atomic E-state index is 0.105. The molecule has 0 fully saturated rings. The first-order chi connectivity index (χ1) is 9.70. The molecule has 0 aliphatic rings. The summed E-state index contributed by atoms with van der Waals surface area (Å²) in [6.07, 6.45) is 0.964. The predicted octanol–water partition coefficient (Wildman–Crippen LogP) is 3.91. The highest BCUT2D eigenvalue weighted by molar-refractivity contribution is 5.45. The van der Waals surface area contributed by atoms with E-state index in [0.29, 0.717) is 0 Å². The lowest BCUT2D eigenvalue weighted by Gasteiger charge is -2.25. The lowest BCUT2D eigenvalue weighted by Crippen LogP contribution is -2.27. The third-order valence-electron chi connectivity index (χ3n) is 3.72. The van der Waals surface area contributed by atoms with E-state index in [4.69, 9.17) is 5.73 Å². The van der Waals surface area contributed by atoms with E-state index >= 15 is 0 Å². The number of nitrogens with zero attached hydrogens (tertiary/aromatic N) is 1. The molecule has 0 bridgehead atoms. The Kier molecular flexibility index (Phi) is 5.19. The number of rotatable bonds is 6. The quantitative estimate of drug-likeness (QED) is 0.860. The summed E-state index contributed by atoms with van der Waals surface area (Å²) < 4.78 is 0. The Morgan fingerprint density at radius 1 is 1.00 bits per heavy atom. The van der Waals surface area contributed by atoms with E-state index in [1.165, 1.54) is 16.8 Å². The fourth-order valence-corrected chi connectivity index (χ4v) is 2.38. The fraction of sp³-hybridized carbons (Fsp3) is 0.333. The molecule has 0 aromatic heterocycles. The van der Waals surface area contributed by atoms with Crippen LogP contribution in [0.4, 0.5) is 5.69 Å². The highest BCUT2D eigenvalue weighted by atomic mass is 15.1. The predicted molar refractivity (Wildman–Crippen MR) is 87.1 cm³/mol. The smallest absolute Gasteiger partial charge is 0.0366 e. The van der Waals surface area contributed by atoms with Crippen LogP contribution in [0.1, 0.15) is 30.5 Å². The van der Waals surface area contributed by atoms with Gasteiger partial charge in [-0.2, -0.15) is 0 Å². The highest BCUT2D eigenvalue weighted by Crippen LogP contribution is 2.18.